The van der Waals surface area contributed by atoms with Gasteiger partial charge in [-0.1, -0.05) is 5.57 Å². The molecule has 0 amide bonds. The summed E-state index contributed by atoms with van der Waals surface area (Å²) in [7, 11) is 0. The van der Waals surface area contributed by atoms with Crippen molar-refractivity contribution in [2.24, 2.45) is 10.7 Å². The largest absolute Gasteiger partial charge is 0.368 e. The van der Waals surface area contributed by atoms with Gasteiger partial charge < -0.3 is 5.73 Å². The zero-order valence-corrected chi connectivity index (χ0v) is 8.15. The van der Waals surface area contributed by atoms with Crippen molar-refractivity contribution < 1.29 is 0 Å². The first kappa shape index (κ1) is 9.51. The van der Waals surface area contributed by atoms with E-state index in [1.807, 2.05) is 20.8 Å². The lowest BCUT2D eigenvalue weighted by atomic mass is 10.3. The van der Waals surface area contributed by atoms with Gasteiger partial charge in [-0.25, -0.2) is 9.67 Å². The number of nitrogens with two attached hydrogens (primary N) is 1. The molecule has 0 saturated heterocycles. The molecule has 13 heavy (non-hydrogen) atoms. The van der Waals surface area contributed by atoms with E-state index in [-0.39, 0.29) is 0 Å². The summed E-state index contributed by atoms with van der Waals surface area (Å²) < 4.78 is 1.53. The summed E-state index contributed by atoms with van der Waals surface area (Å²) in [6, 6.07) is 1.81. The van der Waals surface area contributed by atoms with Gasteiger partial charge >= 0.3 is 0 Å². The highest BCUT2D eigenvalue weighted by Crippen LogP contribution is 2.02. The third-order valence-corrected chi connectivity index (χ3v) is 1.74. The second-order valence-electron chi connectivity index (χ2n) is 3.01. The molecule has 2 N–H and O–H groups in total. The van der Waals surface area contributed by atoms with Crippen molar-refractivity contribution >= 4 is 5.96 Å². The minimum atomic E-state index is 0.392. The summed E-state index contributed by atoms with van der Waals surface area (Å²) in [5, 5.41) is 3.97. The van der Waals surface area contributed by atoms with Gasteiger partial charge in [-0.05, 0) is 26.8 Å². The Bertz CT molecular complexity index is 329. The lowest BCUT2D eigenvalue weighted by molar-refractivity contribution is 0.913. The van der Waals surface area contributed by atoms with E-state index in [0.717, 1.165) is 11.3 Å². The molecule has 0 aliphatic carbocycles. The van der Waals surface area contributed by atoms with Crippen LogP contribution in [0.4, 0.5) is 0 Å². The lowest BCUT2D eigenvalue weighted by Crippen LogP contribution is -2.22. The summed E-state index contributed by atoms with van der Waals surface area (Å²) in [5.41, 5.74) is 7.77. The highest BCUT2D eigenvalue weighted by atomic mass is 15.3. The van der Waals surface area contributed by atoms with E-state index < -0.39 is 0 Å². The van der Waals surface area contributed by atoms with E-state index in [1.54, 1.807) is 18.5 Å². The van der Waals surface area contributed by atoms with Gasteiger partial charge in [0, 0.05) is 18.1 Å². The van der Waals surface area contributed by atoms with E-state index in [0.29, 0.717) is 5.96 Å². The Hall–Kier alpha value is -1.58. The third-order valence-electron chi connectivity index (χ3n) is 1.74. The molecule has 0 fully saturated rings. The van der Waals surface area contributed by atoms with Crippen LogP contribution in [-0.2, 0) is 0 Å². The molecule has 0 aromatic carbocycles. The highest BCUT2D eigenvalue weighted by molar-refractivity contribution is 5.80. The molecule has 1 aromatic rings. The topological polar surface area (TPSA) is 56.2 Å². The summed E-state index contributed by atoms with van der Waals surface area (Å²) in [6.07, 6.45) is 3.43. The first-order valence-corrected chi connectivity index (χ1v) is 4.09. The molecule has 0 bridgehead atoms. The minimum absolute atomic E-state index is 0.392. The van der Waals surface area contributed by atoms with E-state index in [4.69, 9.17) is 5.73 Å². The van der Waals surface area contributed by atoms with Crippen LogP contribution in [0.15, 0.2) is 34.7 Å². The second-order valence-corrected chi connectivity index (χ2v) is 3.01. The molecule has 4 heteroatoms. The van der Waals surface area contributed by atoms with Crippen LogP contribution in [0.2, 0.25) is 0 Å². The fraction of sp³-hybridized carbons (Fsp3) is 0.333. The smallest absolute Gasteiger partial charge is 0.221 e. The average molecular weight is 178 g/mol. The molecule has 1 aromatic heterocycles. The number of rotatable bonds is 1. The van der Waals surface area contributed by atoms with Crippen molar-refractivity contribution in [3.05, 3.63) is 29.7 Å². The predicted octanol–water partition coefficient (Wildman–Crippen LogP) is 1.36. The number of hydrogen-bond acceptors (Lipinski definition) is 2. The molecule has 4 nitrogen and oxygen atoms in total. The zero-order chi connectivity index (χ0) is 9.84. The summed E-state index contributed by atoms with van der Waals surface area (Å²) in [4.78, 5) is 4.19. The predicted molar refractivity (Wildman–Crippen MR) is 53.3 cm³/mol. The Kier molecular flexibility index (Phi) is 2.84. The number of allylic oxidation sites excluding steroid dienone is 2. The monoisotopic (exact) mass is 178 g/mol. The molecule has 70 valence electrons. The molecule has 1 rings (SSSR count). The van der Waals surface area contributed by atoms with Crippen LogP contribution in [0.1, 0.15) is 20.8 Å². The van der Waals surface area contributed by atoms with Crippen LogP contribution in [-0.4, -0.2) is 15.7 Å². The second kappa shape index (κ2) is 3.89. The van der Waals surface area contributed by atoms with Crippen molar-refractivity contribution in [1.29, 1.82) is 0 Å². The Labute approximate surface area is 77.8 Å². The number of aromatic nitrogens is 2. The Morgan fingerprint density at radius 2 is 2.08 bits per heavy atom. The van der Waals surface area contributed by atoms with E-state index in [1.165, 1.54) is 4.68 Å². The van der Waals surface area contributed by atoms with Gasteiger partial charge in [0.2, 0.25) is 5.96 Å². The maximum Gasteiger partial charge on any atom is 0.221 e. The van der Waals surface area contributed by atoms with Crippen LogP contribution in [0.25, 0.3) is 0 Å². The van der Waals surface area contributed by atoms with E-state index in [9.17, 15) is 0 Å². The number of hydrogen-bond donors (Lipinski definition) is 1. The maximum absolute atomic E-state index is 5.69. The molecular weight excluding hydrogens is 164 g/mol. The molecule has 0 spiro atoms. The average Bonchev–Trinajstić information content (AvgIpc) is 2.55. The van der Waals surface area contributed by atoms with Gasteiger partial charge in [-0.15, -0.1) is 0 Å². The first-order valence-electron chi connectivity index (χ1n) is 4.09. The maximum atomic E-state index is 5.69. The molecule has 0 aliphatic heterocycles. The zero-order valence-electron chi connectivity index (χ0n) is 8.15. The SMILES string of the molecule is CC(C)=C(C)N=C(N)n1cccn1. The van der Waals surface area contributed by atoms with Gasteiger partial charge in [0.25, 0.3) is 0 Å². The molecule has 0 atom stereocenters. The van der Waals surface area contributed by atoms with Gasteiger partial charge in [0.05, 0.1) is 0 Å². The van der Waals surface area contributed by atoms with Gasteiger partial charge in [0.15, 0.2) is 0 Å². The van der Waals surface area contributed by atoms with Crippen molar-refractivity contribution in [2.45, 2.75) is 20.8 Å². The minimum Gasteiger partial charge on any atom is -0.368 e. The van der Waals surface area contributed by atoms with Crippen LogP contribution < -0.4 is 5.73 Å². The van der Waals surface area contributed by atoms with Gasteiger partial charge in [0.1, 0.15) is 0 Å². The first-order chi connectivity index (χ1) is 6.11. The fourth-order valence-corrected chi connectivity index (χ4v) is 0.739. The van der Waals surface area contributed by atoms with Gasteiger partial charge in [-0.3, -0.25) is 0 Å². The molecule has 0 radical (unpaired) electrons. The standard InChI is InChI=1S/C9H14N4/c1-7(2)8(3)12-9(10)13-6-4-5-11-13/h4-6H,1-3H3,(H2,10,12). The van der Waals surface area contributed by atoms with Crippen molar-refractivity contribution in [1.82, 2.24) is 9.78 Å². The Morgan fingerprint density at radius 3 is 2.54 bits per heavy atom. The number of nitrogens with zero attached hydrogens (tertiary/aromatic N) is 3. The van der Waals surface area contributed by atoms with E-state index in [2.05, 4.69) is 10.1 Å². The molecule has 0 saturated carbocycles. The van der Waals surface area contributed by atoms with Crippen LogP contribution in [0.3, 0.4) is 0 Å². The molecule has 0 unspecified atom stereocenters. The lowest BCUT2D eigenvalue weighted by Gasteiger charge is -2.01. The van der Waals surface area contributed by atoms with Crippen molar-refractivity contribution in [3.63, 3.8) is 0 Å². The summed E-state index contributed by atoms with van der Waals surface area (Å²) in [5.74, 6) is 0.392. The molecular formula is C9H14N4. The fourth-order valence-electron chi connectivity index (χ4n) is 0.739. The quantitative estimate of drug-likeness (QED) is 0.521. The molecule has 1 heterocycles. The van der Waals surface area contributed by atoms with Crippen LogP contribution >= 0.6 is 0 Å². The third kappa shape index (κ3) is 2.43. The van der Waals surface area contributed by atoms with Crippen LogP contribution in [0, 0.1) is 0 Å². The van der Waals surface area contributed by atoms with Gasteiger partial charge in [-0.2, -0.15) is 5.10 Å². The normalized spacial score (nSPS) is 11.5. The number of aliphatic imine (C=N–C) groups is 1. The Balaban J connectivity index is 2.91. The van der Waals surface area contributed by atoms with Crippen molar-refractivity contribution in [2.75, 3.05) is 0 Å². The van der Waals surface area contributed by atoms with Crippen LogP contribution in [0.5, 0.6) is 0 Å². The summed E-state index contributed by atoms with van der Waals surface area (Å²) in [6.45, 7) is 5.91. The summed E-state index contributed by atoms with van der Waals surface area (Å²) >= 11 is 0. The van der Waals surface area contributed by atoms with E-state index >= 15 is 0 Å². The Morgan fingerprint density at radius 1 is 1.38 bits per heavy atom. The van der Waals surface area contributed by atoms with Crippen molar-refractivity contribution in [3.8, 4) is 0 Å². The highest BCUT2D eigenvalue weighted by Gasteiger charge is 1.96. The molecule has 0 aliphatic rings.